The van der Waals surface area contributed by atoms with Crippen LogP contribution in [0.1, 0.15) is 12.0 Å². The van der Waals surface area contributed by atoms with Crippen LogP contribution in [0.5, 0.6) is 5.75 Å². The van der Waals surface area contributed by atoms with Crippen molar-refractivity contribution in [2.24, 2.45) is 10.9 Å². The standard InChI is InChI=1S/C18H25ClF2N4O3/c1-25(2)16(26)10-24-18(22-8-12-5-6-27-11-12)23-9-13-7-14(19)3-4-15(13)28-17(20)21/h3-4,7,12,17H,5-6,8-11H2,1-2H3,(H2,22,23,24). The molecule has 1 atom stereocenters. The minimum absolute atomic E-state index is 0.0102. The summed E-state index contributed by atoms with van der Waals surface area (Å²) >= 11 is 5.97. The molecule has 1 aliphatic heterocycles. The lowest BCUT2D eigenvalue weighted by molar-refractivity contribution is -0.127. The van der Waals surface area contributed by atoms with E-state index in [9.17, 15) is 13.6 Å². The van der Waals surface area contributed by atoms with Gasteiger partial charge in [-0.25, -0.2) is 4.99 Å². The van der Waals surface area contributed by atoms with E-state index in [1.165, 1.54) is 23.1 Å². The van der Waals surface area contributed by atoms with Crippen molar-refractivity contribution in [1.29, 1.82) is 0 Å². The van der Waals surface area contributed by atoms with Crippen molar-refractivity contribution in [3.63, 3.8) is 0 Å². The number of halogens is 3. The topological polar surface area (TPSA) is 75.2 Å². The van der Waals surface area contributed by atoms with Crippen LogP contribution in [0.25, 0.3) is 0 Å². The second kappa shape index (κ2) is 11.0. The molecule has 1 unspecified atom stereocenters. The van der Waals surface area contributed by atoms with Crippen molar-refractivity contribution in [2.45, 2.75) is 19.6 Å². The normalized spacial score (nSPS) is 16.9. The first-order valence-electron chi connectivity index (χ1n) is 8.88. The molecule has 1 aliphatic rings. The molecule has 10 heteroatoms. The number of guanidine groups is 1. The van der Waals surface area contributed by atoms with Gasteiger partial charge in [-0.1, -0.05) is 11.6 Å². The molecule has 2 rings (SSSR count). The quantitative estimate of drug-likeness (QED) is 0.499. The zero-order valence-corrected chi connectivity index (χ0v) is 16.6. The number of amides is 1. The molecule has 2 N–H and O–H groups in total. The monoisotopic (exact) mass is 418 g/mol. The maximum atomic E-state index is 12.6. The smallest absolute Gasteiger partial charge is 0.387 e. The highest BCUT2D eigenvalue weighted by Crippen LogP contribution is 2.25. The molecule has 1 fully saturated rings. The minimum atomic E-state index is -2.94. The number of hydrogen-bond acceptors (Lipinski definition) is 4. The fourth-order valence-electron chi connectivity index (χ4n) is 2.52. The van der Waals surface area contributed by atoms with Gasteiger partial charge in [0.15, 0.2) is 5.96 Å². The van der Waals surface area contributed by atoms with E-state index in [1.54, 1.807) is 14.1 Å². The minimum Gasteiger partial charge on any atom is -0.434 e. The number of hydrogen-bond donors (Lipinski definition) is 2. The molecular formula is C18H25ClF2N4O3. The Labute approximate surface area is 168 Å². The molecule has 7 nitrogen and oxygen atoms in total. The Morgan fingerprint density at radius 2 is 2.21 bits per heavy atom. The van der Waals surface area contributed by atoms with Gasteiger partial charge in [0, 0.05) is 43.8 Å². The maximum absolute atomic E-state index is 12.6. The highest BCUT2D eigenvalue weighted by Gasteiger charge is 2.16. The summed E-state index contributed by atoms with van der Waals surface area (Å²) in [5.74, 6) is 0.629. The van der Waals surface area contributed by atoms with Crippen LogP contribution in [0.15, 0.2) is 23.2 Å². The molecule has 1 heterocycles. The van der Waals surface area contributed by atoms with E-state index < -0.39 is 6.61 Å². The molecule has 156 valence electrons. The number of nitrogens with zero attached hydrogens (tertiary/aromatic N) is 2. The zero-order valence-electron chi connectivity index (χ0n) is 15.9. The number of ether oxygens (including phenoxy) is 2. The van der Waals surface area contributed by atoms with E-state index in [1.807, 2.05) is 0 Å². The highest BCUT2D eigenvalue weighted by molar-refractivity contribution is 6.30. The summed E-state index contributed by atoms with van der Waals surface area (Å²) in [5, 5.41) is 6.51. The van der Waals surface area contributed by atoms with E-state index >= 15 is 0 Å². The van der Waals surface area contributed by atoms with E-state index in [0.717, 1.165) is 13.0 Å². The van der Waals surface area contributed by atoms with Crippen LogP contribution in [0, 0.1) is 5.92 Å². The van der Waals surface area contributed by atoms with Crippen LogP contribution in [-0.4, -0.2) is 63.8 Å². The van der Waals surface area contributed by atoms with Gasteiger partial charge < -0.3 is 25.0 Å². The third-order valence-corrected chi connectivity index (χ3v) is 4.37. The number of carbonyl (C=O) groups is 1. The number of nitrogens with one attached hydrogen (secondary N) is 2. The average molecular weight is 419 g/mol. The Balaban J connectivity index is 2.08. The SMILES string of the molecule is CN(C)C(=O)CNC(=NCc1cc(Cl)ccc1OC(F)F)NCC1CCOC1. The summed E-state index contributed by atoms with van der Waals surface area (Å²) in [4.78, 5) is 17.7. The van der Waals surface area contributed by atoms with E-state index in [2.05, 4.69) is 20.4 Å². The molecule has 0 spiro atoms. The van der Waals surface area contributed by atoms with Crippen molar-refractivity contribution in [3.05, 3.63) is 28.8 Å². The summed E-state index contributed by atoms with van der Waals surface area (Å²) in [6.45, 7) is -0.831. The Hall–Kier alpha value is -2.13. The second-order valence-corrected chi connectivity index (χ2v) is 6.98. The molecule has 0 bridgehead atoms. The van der Waals surface area contributed by atoms with Crippen LogP contribution in [0.2, 0.25) is 5.02 Å². The predicted molar refractivity (Wildman–Crippen MR) is 103 cm³/mol. The first kappa shape index (κ1) is 22.2. The molecule has 0 aromatic heterocycles. The Bertz CT molecular complexity index is 683. The van der Waals surface area contributed by atoms with Crippen molar-refractivity contribution >= 4 is 23.5 Å². The fourth-order valence-corrected chi connectivity index (χ4v) is 2.72. The van der Waals surface area contributed by atoms with E-state index in [0.29, 0.717) is 35.6 Å². The second-order valence-electron chi connectivity index (χ2n) is 6.55. The first-order chi connectivity index (χ1) is 13.3. The molecule has 28 heavy (non-hydrogen) atoms. The lowest BCUT2D eigenvalue weighted by Crippen LogP contribution is -2.44. The van der Waals surface area contributed by atoms with Gasteiger partial charge in [-0.15, -0.1) is 0 Å². The van der Waals surface area contributed by atoms with Gasteiger partial charge in [-0.3, -0.25) is 4.79 Å². The summed E-state index contributed by atoms with van der Waals surface area (Å²) in [5.41, 5.74) is 0.414. The average Bonchev–Trinajstić information content (AvgIpc) is 3.15. The lowest BCUT2D eigenvalue weighted by Gasteiger charge is -2.17. The third-order valence-electron chi connectivity index (χ3n) is 4.13. The van der Waals surface area contributed by atoms with Crippen LogP contribution >= 0.6 is 11.6 Å². The van der Waals surface area contributed by atoms with E-state index in [-0.39, 0.29) is 24.7 Å². The van der Waals surface area contributed by atoms with Gasteiger partial charge in [-0.2, -0.15) is 8.78 Å². The van der Waals surface area contributed by atoms with Gasteiger partial charge in [0.1, 0.15) is 5.75 Å². The number of rotatable bonds is 8. The lowest BCUT2D eigenvalue weighted by atomic mass is 10.1. The first-order valence-corrected chi connectivity index (χ1v) is 9.26. The Kier molecular flexibility index (Phi) is 8.72. The van der Waals surface area contributed by atoms with Gasteiger partial charge in [0.2, 0.25) is 5.91 Å². The van der Waals surface area contributed by atoms with Crippen LogP contribution in [0.3, 0.4) is 0 Å². The number of benzene rings is 1. The van der Waals surface area contributed by atoms with Gasteiger partial charge in [-0.05, 0) is 24.6 Å². The Morgan fingerprint density at radius 3 is 2.86 bits per heavy atom. The molecule has 1 amide bonds. The van der Waals surface area contributed by atoms with Crippen LogP contribution < -0.4 is 15.4 Å². The molecule has 1 aromatic carbocycles. The van der Waals surface area contributed by atoms with Gasteiger partial charge in [0.25, 0.3) is 0 Å². The molecule has 0 radical (unpaired) electrons. The van der Waals surface area contributed by atoms with Crippen molar-refractivity contribution in [3.8, 4) is 5.75 Å². The van der Waals surface area contributed by atoms with E-state index in [4.69, 9.17) is 16.3 Å². The summed E-state index contributed by atoms with van der Waals surface area (Å²) < 4.78 is 35.1. The largest absolute Gasteiger partial charge is 0.434 e. The fraction of sp³-hybridized carbons (Fsp3) is 0.556. The van der Waals surface area contributed by atoms with Gasteiger partial charge in [0.05, 0.1) is 19.7 Å². The molecule has 0 saturated carbocycles. The zero-order chi connectivity index (χ0) is 20.5. The summed E-state index contributed by atoms with van der Waals surface area (Å²) in [7, 11) is 3.31. The van der Waals surface area contributed by atoms with Crippen molar-refractivity contribution in [1.82, 2.24) is 15.5 Å². The summed E-state index contributed by atoms with van der Waals surface area (Å²) in [6.07, 6.45) is 0.942. The maximum Gasteiger partial charge on any atom is 0.387 e. The molecule has 1 saturated heterocycles. The van der Waals surface area contributed by atoms with Crippen molar-refractivity contribution in [2.75, 3.05) is 40.4 Å². The number of aliphatic imine (C=N–C) groups is 1. The number of alkyl halides is 2. The molecule has 1 aromatic rings. The predicted octanol–water partition coefficient (Wildman–Crippen LogP) is 2.10. The molecule has 0 aliphatic carbocycles. The molecular weight excluding hydrogens is 394 g/mol. The van der Waals surface area contributed by atoms with Gasteiger partial charge >= 0.3 is 6.61 Å². The highest BCUT2D eigenvalue weighted by atomic mass is 35.5. The van der Waals surface area contributed by atoms with Crippen LogP contribution in [0.4, 0.5) is 8.78 Å². The number of carbonyl (C=O) groups excluding carboxylic acids is 1. The Morgan fingerprint density at radius 1 is 1.43 bits per heavy atom. The van der Waals surface area contributed by atoms with Crippen molar-refractivity contribution < 1.29 is 23.0 Å². The number of likely N-dealkylation sites (N-methyl/N-ethyl adjacent to an activating group) is 1. The third kappa shape index (κ3) is 7.47. The summed E-state index contributed by atoms with van der Waals surface area (Å²) in [6, 6.07) is 4.38. The van der Waals surface area contributed by atoms with Crippen LogP contribution in [-0.2, 0) is 16.1 Å².